The van der Waals surface area contributed by atoms with Crippen LogP contribution < -0.4 is 29.0 Å². The molecule has 0 aliphatic carbocycles. The van der Waals surface area contributed by atoms with Gasteiger partial charge in [0.05, 0.1) is 37.6 Å². The molecule has 49 heavy (non-hydrogen) atoms. The van der Waals surface area contributed by atoms with Gasteiger partial charge >= 0.3 is 0 Å². The number of rotatable bonds is 9. The summed E-state index contributed by atoms with van der Waals surface area (Å²) in [6.45, 7) is 2.10. The van der Waals surface area contributed by atoms with Gasteiger partial charge in [-0.1, -0.05) is 66.7 Å². The van der Waals surface area contributed by atoms with E-state index < -0.39 is 5.91 Å². The van der Waals surface area contributed by atoms with Gasteiger partial charge in [0.25, 0.3) is 11.5 Å². The molecule has 4 aromatic carbocycles. The van der Waals surface area contributed by atoms with Gasteiger partial charge in [-0.2, -0.15) is 5.26 Å². The lowest BCUT2D eigenvalue weighted by molar-refractivity contribution is -0.126. The van der Waals surface area contributed by atoms with E-state index in [0.29, 0.717) is 59.2 Å². The Labute approximate surface area is 288 Å². The maximum Gasteiger partial charge on any atom is 0.273 e. The second kappa shape index (κ2) is 15.1. The molecule has 5 aromatic rings. The van der Waals surface area contributed by atoms with Crippen LogP contribution in [0.3, 0.4) is 0 Å². The second-order valence-electron chi connectivity index (χ2n) is 11.4. The summed E-state index contributed by atoms with van der Waals surface area (Å²) in [6, 6.07) is 35.2. The molecule has 6 rings (SSSR count). The smallest absolute Gasteiger partial charge is 0.273 e. The fourth-order valence-corrected chi connectivity index (χ4v) is 7.22. The molecule has 0 bridgehead atoms. The first kappa shape index (κ1) is 33.3. The minimum Gasteiger partial charge on any atom is -0.497 e. The topological polar surface area (TPSA) is 97.0 Å². The van der Waals surface area contributed by atoms with Gasteiger partial charge in [-0.05, 0) is 59.2 Å². The summed E-state index contributed by atoms with van der Waals surface area (Å²) in [7, 11) is 4.67. The maximum absolute atomic E-state index is 14.1. The first-order chi connectivity index (χ1) is 23.9. The number of amides is 1. The molecule has 0 saturated carbocycles. The van der Waals surface area contributed by atoms with E-state index in [2.05, 4.69) is 35.2 Å². The molecule has 248 valence electrons. The SMILES string of the molecule is COc1ccc(-n2c(=O)/c(=C/c3ccc(OC)c(OC)c3)s/c2=C(/C#N)C(=O)N2CCN(C(c3ccccc3)c3ccccc3)CC2)cc1. The Morgan fingerprint density at radius 2 is 1.41 bits per heavy atom. The zero-order valence-corrected chi connectivity index (χ0v) is 28.4. The lowest BCUT2D eigenvalue weighted by Crippen LogP contribution is -2.50. The average Bonchev–Trinajstić information content (AvgIpc) is 3.47. The Balaban J connectivity index is 1.38. The third-order valence-electron chi connectivity index (χ3n) is 8.60. The molecule has 10 heteroatoms. The molecule has 0 atom stereocenters. The molecule has 0 N–H and O–H groups in total. The first-order valence-electron chi connectivity index (χ1n) is 15.8. The molecule has 2 heterocycles. The van der Waals surface area contributed by atoms with E-state index in [-0.39, 0.29) is 21.8 Å². The Bertz CT molecular complexity index is 2110. The van der Waals surface area contributed by atoms with Gasteiger partial charge in [0.2, 0.25) is 0 Å². The van der Waals surface area contributed by atoms with Crippen molar-refractivity contribution in [3.63, 3.8) is 0 Å². The van der Waals surface area contributed by atoms with Crippen LogP contribution in [0.4, 0.5) is 0 Å². The molecule has 0 radical (unpaired) electrons. The van der Waals surface area contributed by atoms with Crippen LogP contribution in [-0.4, -0.2) is 67.8 Å². The highest BCUT2D eigenvalue weighted by molar-refractivity contribution is 7.07. The molecular weight excluding hydrogens is 637 g/mol. The number of carbonyl (C=O) groups is 1. The molecule has 0 unspecified atom stereocenters. The fourth-order valence-electron chi connectivity index (χ4n) is 6.12. The number of methoxy groups -OCH3 is 3. The van der Waals surface area contributed by atoms with E-state index in [1.807, 2.05) is 42.5 Å². The normalized spacial score (nSPS) is 14.3. The number of thiazole rings is 1. The third kappa shape index (κ3) is 6.99. The van der Waals surface area contributed by atoms with E-state index in [9.17, 15) is 14.9 Å². The number of hydrogen-bond donors (Lipinski definition) is 0. The van der Waals surface area contributed by atoms with Crippen LogP contribution in [0.5, 0.6) is 17.2 Å². The van der Waals surface area contributed by atoms with Crippen LogP contribution in [-0.2, 0) is 4.79 Å². The molecule has 1 amide bonds. The van der Waals surface area contributed by atoms with Gasteiger partial charge in [0, 0.05) is 26.2 Å². The number of benzene rings is 4. The van der Waals surface area contributed by atoms with Crippen LogP contribution in [0, 0.1) is 11.3 Å². The van der Waals surface area contributed by atoms with E-state index >= 15 is 0 Å². The van der Waals surface area contributed by atoms with E-state index in [0.717, 1.165) is 11.3 Å². The maximum atomic E-state index is 14.1. The van der Waals surface area contributed by atoms with E-state index in [4.69, 9.17) is 14.2 Å². The number of ether oxygens (including phenoxy) is 3. The highest BCUT2D eigenvalue weighted by Gasteiger charge is 2.30. The largest absolute Gasteiger partial charge is 0.497 e. The molecule has 1 aliphatic heterocycles. The summed E-state index contributed by atoms with van der Waals surface area (Å²) in [5.74, 6) is 1.29. The van der Waals surface area contributed by atoms with Crippen molar-refractivity contribution in [2.75, 3.05) is 47.5 Å². The lowest BCUT2D eigenvalue weighted by Gasteiger charge is -2.39. The van der Waals surface area contributed by atoms with E-state index in [1.54, 1.807) is 68.7 Å². The molecule has 1 aliphatic rings. The van der Waals surface area contributed by atoms with Gasteiger partial charge in [0.15, 0.2) is 17.1 Å². The number of aromatic nitrogens is 1. The van der Waals surface area contributed by atoms with Crippen LogP contribution in [0.15, 0.2) is 108 Å². The summed E-state index contributed by atoms with van der Waals surface area (Å²) < 4.78 is 18.2. The molecule has 1 saturated heterocycles. The fraction of sp³-hybridized carbons (Fsp3) is 0.205. The van der Waals surface area contributed by atoms with Crippen LogP contribution in [0.1, 0.15) is 22.7 Å². The Morgan fingerprint density at radius 3 is 1.96 bits per heavy atom. The predicted octanol–water partition coefficient (Wildman–Crippen LogP) is 4.36. The highest BCUT2D eigenvalue weighted by atomic mass is 32.1. The van der Waals surface area contributed by atoms with Crippen molar-refractivity contribution in [2.24, 2.45) is 0 Å². The summed E-state index contributed by atoms with van der Waals surface area (Å²) in [6.07, 6.45) is 1.73. The van der Waals surface area contributed by atoms with Crippen LogP contribution in [0.2, 0.25) is 0 Å². The van der Waals surface area contributed by atoms with Gasteiger partial charge in [-0.3, -0.25) is 19.1 Å². The van der Waals surface area contributed by atoms with Gasteiger partial charge in [-0.15, -0.1) is 11.3 Å². The number of hydrogen-bond acceptors (Lipinski definition) is 8. The number of carbonyl (C=O) groups excluding carboxylic acids is 1. The standard InChI is InChI=1S/C39H36N4O5S/c1-46-31-17-15-30(16-18-31)43-38(45)35(25-27-14-19-33(47-2)34(24-27)48-3)49-39(43)32(26-40)37(44)42-22-20-41(21-23-42)36(28-10-6-4-7-11-28)29-12-8-5-9-13-29/h4-19,24-25,36H,20-23H2,1-3H3/b35-25-,39-32-. The molecule has 1 fully saturated rings. The Kier molecular flexibility index (Phi) is 10.2. The van der Waals surface area contributed by atoms with Crippen molar-refractivity contribution < 1.29 is 19.0 Å². The van der Waals surface area contributed by atoms with E-state index in [1.165, 1.54) is 15.7 Å². The number of nitriles is 1. The summed E-state index contributed by atoms with van der Waals surface area (Å²) in [5.41, 5.74) is 3.15. The van der Waals surface area contributed by atoms with Crippen molar-refractivity contribution in [3.05, 3.63) is 139 Å². The molecule has 9 nitrogen and oxygen atoms in total. The summed E-state index contributed by atoms with van der Waals surface area (Å²) >= 11 is 1.11. The second-order valence-corrected chi connectivity index (χ2v) is 12.4. The van der Waals surface area contributed by atoms with Crippen molar-refractivity contribution in [1.29, 1.82) is 5.26 Å². The zero-order chi connectivity index (χ0) is 34.3. The number of piperazine rings is 1. The van der Waals surface area contributed by atoms with Crippen molar-refractivity contribution in [1.82, 2.24) is 14.4 Å². The quantitative estimate of drug-likeness (QED) is 0.230. The molecular formula is C39H36N4O5S. The third-order valence-corrected chi connectivity index (χ3v) is 9.69. The van der Waals surface area contributed by atoms with Crippen molar-refractivity contribution in [2.45, 2.75) is 6.04 Å². The predicted molar refractivity (Wildman–Crippen MR) is 191 cm³/mol. The van der Waals surface area contributed by atoms with Crippen LogP contribution in [0.25, 0.3) is 17.3 Å². The average molecular weight is 673 g/mol. The Morgan fingerprint density at radius 1 is 0.796 bits per heavy atom. The minimum absolute atomic E-state index is 0.0336. The van der Waals surface area contributed by atoms with Crippen molar-refractivity contribution in [3.8, 4) is 29.0 Å². The highest BCUT2D eigenvalue weighted by Crippen LogP contribution is 2.30. The molecule has 1 aromatic heterocycles. The first-order valence-corrected chi connectivity index (χ1v) is 16.6. The van der Waals surface area contributed by atoms with Crippen LogP contribution >= 0.6 is 11.3 Å². The monoisotopic (exact) mass is 672 g/mol. The van der Waals surface area contributed by atoms with Gasteiger partial charge in [-0.25, -0.2) is 0 Å². The minimum atomic E-state index is -0.403. The zero-order valence-electron chi connectivity index (χ0n) is 27.5. The number of nitrogens with zero attached hydrogens (tertiary/aromatic N) is 4. The summed E-state index contributed by atoms with van der Waals surface area (Å²) in [5, 5.41) is 10.5. The Hall–Kier alpha value is -5.63. The lowest BCUT2D eigenvalue weighted by atomic mass is 9.96. The van der Waals surface area contributed by atoms with Gasteiger partial charge < -0.3 is 19.1 Å². The molecule has 0 spiro atoms. The summed E-state index contributed by atoms with van der Waals surface area (Å²) in [4.78, 5) is 32.3. The van der Waals surface area contributed by atoms with Crippen molar-refractivity contribution >= 4 is 28.9 Å². The van der Waals surface area contributed by atoms with Gasteiger partial charge in [0.1, 0.15) is 16.5 Å².